The standard InChI is InChI=1S/C19H17N3O2/c1-13-18(12-15-8-10-16(11-9-15)20-14(2)23)19(24)22(21-13)17-6-4-3-5-7-17/h3-12,21H,1H2,2H3,(H,20,23)/b18-12+. The molecule has 1 amide bonds. The van der Waals surface area contributed by atoms with E-state index in [1.54, 1.807) is 18.2 Å². The maximum atomic E-state index is 12.6. The van der Waals surface area contributed by atoms with Crippen molar-refractivity contribution in [2.45, 2.75) is 6.92 Å². The molecule has 0 aliphatic carbocycles. The average Bonchev–Trinajstić information content (AvgIpc) is 2.85. The summed E-state index contributed by atoms with van der Waals surface area (Å²) in [5.74, 6) is -0.122. The average molecular weight is 319 g/mol. The molecule has 5 heteroatoms. The van der Waals surface area contributed by atoms with Gasteiger partial charge in [-0.25, -0.2) is 4.68 Å². The van der Waals surface area contributed by atoms with Crippen molar-refractivity contribution >= 4 is 24.2 Å². The Hall–Kier alpha value is -3.34. The van der Waals surface area contributed by atoms with Gasteiger partial charge in [-0.15, -0.1) is 0 Å². The van der Waals surface area contributed by atoms with Gasteiger partial charge < -0.3 is 5.32 Å². The van der Waals surface area contributed by atoms with E-state index in [1.807, 2.05) is 42.5 Å². The normalized spacial score (nSPS) is 11.5. The number of nitrogens with one attached hydrogen (secondary N) is 2. The Morgan fingerprint density at radius 2 is 1.79 bits per heavy atom. The quantitative estimate of drug-likeness (QED) is 0.765. The van der Waals surface area contributed by atoms with Gasteiger partial charge in [-0.05, 0) is 35.9 Å². The van der Waals surface area contributed by atoms with E-state index in [1.165, 1.54) is 11.6 Å². The minimum atomic E-state index is -0.155. The van der Waals surface area contributed by atoms with Crippen LogP contribution in [0.1, 0.15) is 12.5 Å². The summed E-state index contributed by atoms with van der Waals surface area (Å²) < 4.78 is 1.47. The first-order valence-electron chi connectivity index (χ1n) is 7.49. The molecule has 0 unspecified atom stereocenters. The number of amides is 1. The van der Waals surface area contributed by atoms with Crippen LogP contribution < -0.4 is 21.4 Å². The van der Waals surface area contributed by atoms with Crippen molar-refractivity contribution in [3.05, 3.63) is 81.1 Å². The molecule has 2 aromatic carbocycles. The number of aromatic nitrogens is 2. The number of carbonyl (C=O) groups excluding carboxylic acids is 1. The molecule has 0 radical (unpaired) electrons. The number of hydrogen-bond donors (Lipinski definition) is 2. The van der Waals surface area contributed by atoms with Gasteiger partial charge in [0.2, 0.25) is 5.91 Å². The van der Waals surface area contributed by atoms with E-state index in [9.17, 15) is 9.59 Å². The lowest BCUT2D eigenvalue weighted by atomic mass is 10.2. The van der Waals surface area contributed by atoms with Crippen LogP contribution >= 0.6 is 0 Å². The van der Waals surface area contributed by atoms with Gasteiger partial charge in [0.15, 0.2) is 0 Å². The van der Waals surface area contributed by atoms with Gasteiger partial charge in [-0.3, -0.25) is 14.7 Å². The lowest BCUT2D eigenvalue weighted by Crippen LogP contribution is -2.33. The second kappa shape index (κ2) is 6.42. The van der Waals surface area contributed by atoms with E-state index in [4.69, 9.17) is 0 Å². The second-order valence-electron chi connectivity index (χ2n) is 5.43. The van der Waals surface area contributed by atoms with E-state index >= 15 is 0 Å². The van der Waals surface area contributed by atoms with Gasteiger partial charge in [0.25, 0.3) is 5.56 Å². The number of benzene rings is 2. The second-order valence-corrected chi connectivity index (χ2v) is 5.43. The molecular weight excluding hydrogens is 302 g/mol. The highest BCUT2D eigenvalue weighted by Crippen LogP contribution is 2.09. The van der Waals surface area contributed by atoms with Crippen molar-refractivity contribution in [1.82, 2.24) is 9.78 Å². The van der Waals surface area contributed by atoms with Gasteiger partial charge in [-0.1, -0.05) is 36.9 Å². The van der Waals surface area contributed by atoms with Gasteiger partial charge in [0.1, 0.15) is 0 Å². The molecule has 2 N–H and O–H groups in total. The Bertz CT molecular complexity index is 1030. The van der Waals surface area contributed by atoms with E-state index < -0.39 is 0 Å². The first-order valence-corrected chi connectivity index (χ1v) is 7.49. The number of para-hydroxylation sites is 1. The summed E-state index contributed by atoms with van der Waals surface area (Å²) in [5.41, 5.74) is 2.17. The minimum Gasteiger partial charge on any atom is -0.326 e. The van der Waals surface area contributed by atoms with Crippen LogP contribution in [0.4, 0.5) is 5.69 Å². The van der Waals surface area contributed by atoms with Gasteiger partial charge in [-0.2, -0.15) is 0 Å². The molecule has 120 valence electrons. The van der Waals surface area contributed by atoms with Crippen molar-refractivity contribution in [1.29, 1.82) is 0 Å². The molecule has 0 saturated heterocycles. The third kappa shape index (κ3) is 3.20. The molecule has 0 fully saturated rings. The predicted molar refractivity (Wildman–Crippen MR) is 95.5 cm³/mol. The third-order valence-corrected chi connectivity index (χ3v) is 3.56. The smallest absolute Gasteiger partial charge is 0.279 e. The molecular formula is C19H17N3O2. The van der Waals surface area contributed by atoms with Crippen LogP contribution in [0.15, 0.2) is 59.4 Å². The third-order valence-electron chi connectivity index (χ3n) is 3.56. The Labute approximate surface area is 138 Å². The van der Waals surface area contributed by atoms with E-state index in [0.717, 1.165) is 11.3 Å². The zero-order valence-electron chi connectivity index (χ0n) is 13.2. The summed E-state index contributed by atoms with van der Waals surface area (Å²) in [6, 6.07) is 16.6. The number of anilines is 1. The Morgan fingerprint density at radius 1 is 1.12 bits per heavy atom. The SMILES string of the molecule is C=c1[nH]n(-c2ccccc2)c(=O)/c1=C/c1ccc(NC(C)=O)cc1. The fourth-order valence-corrected chi connectivity index (χ4v) is 2.44. The molecule has 3 aromatic rings. The lowest BCUT2D eigenvalue weighted by Gasteiger charge is -2.01. The minimum absolute atomic E-state index is 0.122. The van der Waals surface area contributed by atoms with E-state index in [0.29, 0.717) is 16.3 Å². The monoisotopic (exact) mass is 319 g/mol. The van der Waals surface area contributed by atoms with Gasteiger partial charge in [0, 0.05) is 12.6 Å². The van der Waals surface area contributed by atoms with Crippen molar-refractivity contribution < 1.29 is 4.79 Å². The van der Waals surface area contributed by atoms with Crippen LogP contribution in [0.25, 0.3) is 18.3 Å². The molecule has 0 spiro atoms. The van der Waals surface area contributed by atoms with Gasteiger partial charge in [0.05, 0.1) is 16.3 Å². The zero-order chi connectivity index (χ0) is 17.1. The Morgan fingerprint density at radius 3 is 2.42 bits per heavy atom. The first-order chi connectivity index (χ1) is 11.5. The molecule has 0 bridgehead atoms. The number of H-pyrrole nitrogens is 1. The molecule has 0 saturated carbocycles. The predicted octanol–water partition coefficient (Wildman–Crippen LogP) is 1.36. The van der Waals surface area contributed by atoms with Crippen LogP contribution in [-0.4, -0.2) is 15.7 Å². The number of rotatable bonds is 3. The molecule has 1 heterocycles. The van der Waals surface area contributed by atoms with E-state index in [2.05, 4.69) is 17.0 Å². The van der Waals surface area contributed by atoms with Crippen molar-refractivity contribution in [3.63, 3.8) is 0 Å². The van der Waals surface area contributed by atoms with Crippen LogP contribution in [0.3, 0.4) is 0 Å². The number of nitrogens with zero attached hydrogens (tertiary/aromatic N) is 1. The molecule has 1 aromatic heterocycles. The fourth-order valence-electron chi connectivity index (χ4n) is 2.44. The lowest BCUT2D eigenvalue weighted by molar-refractivity contribution is -0.114. The van der Waals surface area contributed by atoms with Crippen molar-refractivity contribution in [2.24, 2.45) is 0 Å². The summed E-state index contributed by atoms with van der Waals surface area (Å²) in [4.78, 5) is 23.7. The van der Waals surface area contributed by atoms with Crippen LogP contribution in [0.5, 0.6) is 0 Å². The topological polar surface area (TPSA) is 66.9 Å². The van der Waals surface area contributed by atoms with Crippen molar-refractivity contribution in [2.75, 3.05) is 5.32 Å². The Kier molecular flexibility index (Phi) is 4.16. The summed E-state index contributed by atoms with van der Waals surface area (Å²) in [7, 11) is 0. The Balaban J connectivity index is 2.02. The number of carbonyl (C=O) groups is 1. The molecule has 0 aliphatic heterocycles. The highest BCUT2D eigenvalue weighted by Gasteiger charge is 2.04. The largest absolute Gasteiger partial charge is 0.326 e. The molecule has 0 aliphatic rings. The highest BCUT2D eigenvalue weighted by molar-refractivity contribution is 5.88. The summed E-state index contributed by atoms with van der Waals surface area (Å²) in [6.45, 7) is 5.38. The summed E-state index contributed by atoms with van der Waals surface area (Å²) in [6.07, 6.45) is 1.78. The maximum absolute atomic E-state index is 12.6. The fraction of sp³-hybridized carbons (Fsp3) is 0.0526. The highest BCUT2D eigenvalue weighted by atomic mass is 16.1. The van der Waals surface area contributed by atoms with Crippen molar-refractivity contribution in [3.8, 4) is 5.69 Å². The number of aromatic amines is 1. The van der Waals surface area contributed by atoms with Gasteiger partial charge >= 0.3 is 0 Å². The van der Waals surface area contributed by atoms with Crippen LogP contribution in [0.2, 0.25) is 0 Å². The first kappa shape index (κ1) is 15.6. The summed E-state index contributed by atoms with van der Waals surface area (Å²) in [5, 5.41) is 6.76. The molecule has 0 atom stereocenters. The van der Waals surface area contributed by atoms with Crippen LogP contribution in [-0.2, 0) is 4.79 Å². The number of hydrogen-bond acceptors (Lipinski definition) is 2. The molecule has 5 nitrogen and oxygen atoms in total. The maximum Gasteiger partial charge on any atom is 0.279 e. The molecule has 24 heavy (non-hydrogen) atoms. The summed E-state index contributed by atoms with van der Waals surface area (Å²) >= 11 is 0. The van der Waals surface area contributed by atoms with E-state index in [-0.39, 0.29) is 11.5 Å². The zero-order valence-corrected chi connectivity index (χ0v) is 13.2. The van der Waals surface area contributed by atoms with Crippen LogP contribution in [0, 0.1) is 0 Å². The molecule has 3 rings (SSSR count).